The fraction of sp³-hybridized carbons (Fsp3) is 0.583. The zero-order valence-electron chi connectivity index (χ0n) is 10.9. The summed E-state index contributed by atoms with van der Waals surface area (Å²) >= 11 is 0. The molecule has 3 N–H and O–H groups in total. The molecule has 1 aromatic heterocycles. The first-order valence-corrected chi connectivity index (χ1v) is 7.98. The lowest BCUT2D eigenvalue weighted by Gasteiger charge is -2.15. The first kappa shape index (κ1) is 14.4. The molecule has 0 saturated carbocycles. The Morgan fingerprint density at radius 1 is 1.37 bits per heavy atom. The summed E-state index contributed by atoms with van der Waals surface area (Å²) in [6, 6.07) is 3.14. The molecule has 19 heavy (non-hydrogen) atoms. The van der Waals surface area contributed by atoms with Crippen molar-refractivity contribution in [1.82, 2.24) is 14.6 Å². The lowest BCUT2D eigenvalue weighted by atomic mass is 10.3. The number of likely N-dealkylation sites (tertiary alicyclic amines) is 1. The summed E-state index contributed by atoms with van der Waals surface area (Å²) in [5.74, 6) is 0. The van der Waals surface area contributed by atoms with Crippen LogP contribution in [-0.4, -0.2) is 44.5 Å². The van der Waals surface area contributed by atoms with Crippen LogP contribution in [-0.2, 0) is 16.6 Å². The van der Waals surface area contributed by atoms with Gasteiger partial charge in [-0.15, -0.1) is 0 Å². The van der Waals surface area contributed by atoms with E-state index in [9.17, 15) is 8.42 Å². The highest BCUT2D eigenvalue weighted by Crippen LogP contribution is 2.12. The van der Waals surface area contributed by atoms with E-state index in [2.05, 4.69) is 14.6 Å². The highest BCUT2D eigenvalue weighted by molar-refractivity contribution is 7.89. The van der Waals surface area contributed by atoms with Gasteiger partial charge >= 0.3 is 0 Å². The molecule has 1 aromatic rings. The number of hydrogen-bond donors (Lipinski definition) is 2. The van der Waals surface area contributed by atoms with E-state index < -0.39 is 10.0 Å². The van der Waals surface area contributed by atoms with E-state index in [0.29, 0.717) is 12.2 Å². The monoisotopic (exact) mass is 284 g/mol. The summed E-state index contributed by atoms with van der Waals surface area (Å²) in [6.45, 7) is 3.40. The fourth-order valence-electron chi connectivity index (χ4n) is 2.24. The Hall–Kier alpha value is -1.02. The molecule has 106 valence electrons. The summed E-state index contributed by atoms with van der Waals surface area (Å²) in [6.07, 6.45) is 3.95. The van der Waals surface area contributed by atoms with Crippen molar-refractivity contribution in [3.63, 3.8) is 0 Å². The second-order valence-corrected chi connectivity index (χ2v) is 6.33. The third kappa shape index (κ3) is 3.73. The molecule has 0 spiro atoms. The number of rotatable bonds is 6. The number of sulfonamides is 1. The second-order valence-electron chi connectivity index (χ2n) is 4.60. The molecule has 2 rings (SSSR count). The molecule has 0 bridgehead atoms. The van der Waals surface area contributed by atoms with Crippen molar-refractivity contribution in [3.05, 3.63) is 24.0 Å². The Kier molecular flexibility index (Phi) is 4.87. The predicted molar refractivity (Wildman–Crippen MR) is 73.0 cm³/mol. The average molecular weight is 284 g/mol. The molecule has 1 saturated heterocycles. The fourth-order valence-corrected chi connectivity index (χ4v) is 3.46. The molecule has 7 heteroatoms. The van der Waals surface area contributed by atoms with Crippen molar-refractivity contribution in [1.29, 1.82) is 0 Å². The van der Waals surface area contributed by atoms with Crippen LogP contribution in [0.1, 0.15) is 18.5 Å². The molecule has 0 aromatic carbocycles. The molecule has 0 radical (unpaired) electrons. The minimum Gasteiger partial charge on any atom is -0.325 e. The van der Waals surface area contributed by atoms with Crippen molar-refractivity contribution in [2.45, 2.75) is 24.3 Å². The second kappa shape index (κ2) is 6.42. The van der Waals surface area contributed by atoms with Crippen molar-refractivity contribution in [2.24, 2.45) is 5.73 Å². The van der Waals surface area contributed by atoms with Gasteiger partial charge in [0.25, 0.3) is 0 Å². The molecule has 1 aliphatic heterocycles. The largest absolute Gasteiger partial charge is 0.325 e. The SMILES string of the molecule is NCc1ncccc1S(=O)(=O)NCCN1CCCC1. The van der Waals surface area contributed by atoms with Gasteiger partial charge in [-0.05, 0) is 38.1 Å². The molecule has 1 fully saturated rings. The standard InChI is InChI=1S/C12H20N4O2S/c13-10-11-12(4-3-5-14-11)19(17,18)15-6-9-16-7-1-2-8-16/h3-5,15H,1-2,6-10,13H2. The van der Waals surface area contributed by atoms with Gasteiger partial charge in [-0.2, -0.15) is 0 Å². The number of nitrogens with zero attached hydrogens (tertiary/aromatic N) is 2. The maximum atomic E-state index is 12.2. The topological polar surface area (TPSA) is 88.3 Å². The third-order valence-corrected chi connectivity index (χ3v) is 4.79. The zero-order chi connectivity index (χ0) is 13.7. The van der Waals surface area contributed by atoms with Crippen molar-refractivity contribution < 1.29 is 8.42 Å². The molecule has 0 amide bonds. The van der Waals surface area contributed by atoms with Gasteiger partial charge in [0.2, 0.25) is 10.0 Å². The third-order valence-electron chi connectivity index (χ3n) is 3.25. The molecular weight excluding hydrogens is 264 g/mol. The predicted octanol–water partition coefficient (Wildman–Crippen LogP) is -0.0856. The summed E-state index contributed by atoms with van der Waals surface area (Å²) in [5, 5.41) is 0. The molecular formula is C12H20N4O2S. The van der Waals surface area contributed by atoms with Crippen LogP contribution in [0.25, 0.3) is 0 Å². The van der Waals surface area contributed by atoms with Gasteiger partial charge < -0.3 is 10.6 Å². The number of pyridine rings is 1. The van der Waals surface area contributed by atoms with E-state index >= 15 is 0 Å². The summed E-state index contributed by atoms with van der Waals surface area (Å²) in [7, 11) is -3.51. The van der Waals surface area contributed by atoms with E-state index in [4.69, 9.17) is 5.73 Å². The Morgan fingerprint density at radius 2 is 2.11 bits per heavy atom. The Balaban J connectivity index is 1.97. The van der Waals surface area contributed by atoms with Crippen LogP contribution in [0, 0.1) is 0 Å². The molecule has 6 nitrogen and oxygen atoms in total. The minimum atomic E-state index is -3.51. The minimum absolute atomic E-state index is 0.114. The van der Waals surface area contributed by atoms with Gasteiger partial charge in [0, 0.05) is 25.8 Å². The maximum absolute atomic E-state index is 12.2. The highest BCUT2D eigenvalue weighted by Gasteiger charge is 2.19. The molecule has 2 heterocycles. The molecule has 0 atom stereocenters. The molecule has 0 unspecified atom stereocenters. The lowest BCUT2D eigenvalue weighted by molar-refractivity contribution is 0.344. The molecule has 1 aliphatic rings. The average Bonchev–Trinajstić information content (AvgIpc) is 2.91. The van der Waals surface area contributed by atoms with E-state index in [-0.39, 0.29) is 11.4 Å². The Labute approximate surface area is 114 Å². The van der Waals surface area contributed by atoms with Gasteiger partial charge in [0.1, 0.15) is 4.90 Å². The van der Waals surface area contributed by atoms with Gasteiger partial charge in [-0.3, -0.25) is 4.98 Å². The first-order valence-electron chi connectivity index (χ1n) is 6.49. The van der Waals surface area contributed by atoms with Crippen LogP contribution in [0.2, 0.25) is 0 Å². The normalized spacial score (nSPS) is 16.9. The number of aromatic nitrogens is 1. The van der Waals surface area contributed by atoms with Gasteiger partial charge in [0.15, 0.2) is 0 Å². The van der Waals surface area contributed by atoms with Crippen molar-refractivity contribution in [2.75, 3.05) is 26.2 Å². The maximum Gasteiger partial charge on any atom is 0.242 e. The van der Waals surface area contributed by atoms with Crippen LogP contribution in [0.3, 0.4) is 0 Å². The number of hydrogen-bond acceptors (Lipinski definition) is 5. The smallest absolute Gasteiger partial charge is 0.242 e. The quantitative estimate of drug-likeness (QED) is 0.762. The van der Waals surface area contributed by atoms with Gasteiger partial charge in [0.05, 0.1) is 5.69 Å². The van der Waals surface area contributed by atoms with E-state index in [1.807, 2.05) is 0 Å². The van der Waals surface area contributed by atoms with Crippen LogP contribution in [0.5, 0.6) is 0 Å². The zero-order valence-corrected chi connectivity index (χ0v) is 11.7. The highest BCUT2D eigenvalue weighted by atomic mass is 32.2. The van der Waals surface area contributed by atoms with E-state index in [1.165, 1.54) is 18.9 Å². The van der Waals surface area contributed by atoms with Crippen molar-refractivity contribution >= 4 is 10.0 Å². The van der Waals surface area contributed by atoms with E-state index in [1.54, 1.807) is 12.3 Å². The van der Waals surface area contributed by atoms with Crippen molar-refractivity contribution in [3.8, 4) is 0 Å². The number of nitrogens with two attached hydrogens (primary N) is 1. The summed E-state index contributed by atoms with van der Waals surface area (Å²) < 4.78 is 26.9. The summed E-state index contributed by atoms with van der Waals surface area (Å²) in [5.41, 5.74) is 5.91. The van der Waals surface area contributed by atoms with Crippen LogP contribution in [0.4, 0.5) is 0 Å². The lowest BCUT2D eigenvalue weighted by Crippen LogP contribution is -2.34. The Morgan fingerprint density at radius 3 is 2.79 bits per heavy atom. The van der Waals surface area contributed by atoms with Gasteiger partial charge in [-0.1, -0.05) is 0 Å². The van der Waals surface area contributed by atoms with E-state index in [0.717, 1.165) is 19.6 Å². The van der Waals surface area contributed by atoms with Crippen LogP contribution >= 0.6 is 0 Å². The Bertz CT molecular complexity index is 512. The van der Waals surface area contributed by atoms with Gasteiger partial charge in [-0.25, -0.2) is 13.1 Å². The molecule has 0 aliphatic carbocycles. The number of nitrogens with one attached hydrogen (secondary N) is 1. The van der Waals surface area contributed by atoms with Crippen LogP contribution < -0.4 is 10.5 Å². The summed E-state index contributed by atoms with van der Waals surface area (Å²) in [4.78, 5) is 6.43. The van der Waals surface area contributed by atoms with Crippen LogP contribution in [0.15, 0.2) is 23.2 Å². The first-order chi connectivity index (χ1) is 9.13.